The molecule has 3 rings (SSSR count). The topological polar surface area (TPSA) is 70.7 Å². The van der Waals surface area contributed by atoms with Gasteiger partial charge in [-0.15, -0.1) is 10.2 Å². The molecular formula is C18H22N4O. The van der Waals surface area contributed by atoms with E-state index in [0.717, 1.165) is 18.5 Å². The van der Waals surface area contributed by atoms with E-state index in [2.05, 4.69) is 26.6 Å². The highest BCUT2D eigenvalue weighted by molar-refractivity contribution is 5.25. The molecule has 23 heavy (non-hydrogen) atoms. The Labute approximate surface area is 135 Å². The number of nitrogens with one attached hydrogen (secondary N) is 2. The van der Waals surface area contributed by atoms with Crippen LogP contribution in [-0.2, 0) is 6.42 Å². The summed E-state index contributed by atoms with van der Waals surface area (Å²) >= 11 is 0. The third-order valence-corrected chi connectivity index (χ3v) is 4.10. The van der Waals surface area contributed by atoms with Crippen molar-refractivity contribution in [2.24, 2.45) is 0 Å². The van der Waals surface area contributed by atoms with Crippen LogP contribution in [0.2, 0.25) is 0 Å². The Morgan fingerprint density at radius 3 is 2.74 bits per heavy atom. The Morgan fingerprint density at radius 2 is 2.00 bits per heavy atom. The van der Waals surface area contributed by atoms with E-state index in [1.165, 1.54) is 31.3 Å². The van der Waals surface area contributed by atoms with Gasteiger partial charge in [-0.25, -0.2) is 0 Å². The molecule has 0 saturated carbocycles. The lowest BCUT2D eigenvalue weighted by Gasteiger charge is -2.12. The summed E-state index contributed by atoms with van der Waals surface area (Å²) in [5.41, 5.74) is 2.82. The number of hydrogen-bond donors (Lipinski definition) is 2. The molecule has 0 unspecified atom stereocenters. The summed E-state index contributed by atoms with van der Waals surface area (Å²) in [4.78, 5) is 14.9. The van der Waals surface area contributed by atoms with Crippen molar-refractivity contribution in [1.29, 1.82) is 0 Å². The van der Waals surface area contributed by atoms with Gasteiger partial charge < -0.3 is 5.32 Å². The minimum Gasteiger partial charge on any atom is -0.354 e. The number of aromatic nitrogens is 3. The zero-order chi connectivity index (χ0) is 15.9. The van der Waals surface area contributed by atoms with Gasteiger partial charge in [0.25, 0.3) is 5.56 Å². The molecule has 1 aliphatic carbocycles. The predicted molar refractivity (Wildman–Crippen MR) is 91.6 cm³/mol. The standard InChI is InChI=1S/C18H22N4O/c23-17-16(13-15-9-5-2-6-10-15)21-22-18(20-17)19-12-11-14-7-3-1-4-8-14/h2,5-7,9-10H,1,3-4,8,11-13H2,(H2,19,20,22,23). The fraction of sp³-hybridized carbons (Fsp3) is 0.389. The molecule has 1 heterocycles. The van der Waals surface area contributed by atoms with Gasteiger partial charge in [0.15, 0.2) is 0 Å². The molecule has 1 aliphatic rings. The Bertz CT molecular complexity index is 721. The highest BCUT2D eigenvalue weighted by Gasteiger charge is 2.07. The fourth-order valence-electron chi connectivity index (χ4n) is 2.82. The third kappa shape index (κ3) is 4.52. The van der Waals surface area contributed by atoms with Crippen molar-refractivity contribution >= 4 is 5.95 Å². The fourth-order valence-corrected chi connectivity index (χ4v) is 2.82. The molecule has 1 aromatic heterocycles. The number of H-pyrrole nitrogens is 1. The first-order valence-electron chi connectivity index (χ1n) is 8.23. The van der Waals surface area contributed by atoms with Crippen LogP contribution in [0.25, 0.3) is 0 Å². The lowest BCUT2D eigenvalue weighted by molar-refractivity contribution is 0.678. The first kappa shape index (κ1) is 15.5. The minimum atomic E-state index is -0.178. The van der Waals surface area contributed by atoms with Gasteiger partial charge in [-0.2, -0.15) is 0 Å². The van der Waals surface area contributed by atoms with Gasteiger partial charge in [0.1, 0.15) is 5.69 Å². The van der Waals surface area contributed by atoms with Gasteiger partial charge >= 0.3 is 0 Å². The lowest BCUT2D eigenvalue weighted by Crippen LogP contribution is -2.20. The lowest BCUT2D eigenvalue weighted by atomic mass is 9.97. The van der Waals surface area contributed by atoms with Gasteiger partial charge in [0, 0.05) is 13.0 Å². The second kappa shape index (κ2) is 7.72. The highest BCUT2D eigenvalue weighted by Crippen LogP contribution is 2.19. The average Bonchev–Trinajstić information content (AvgIpc) is 2.59. The van der Waals surface area contributed by atoms with Gasteiger partial charge in [0.2, 0.25) is 5.95 Å². The number of nitrogens with zero attached hydrogens (tertiary/aromatic N) is 2. The SMILES string of the molecule is O=c1[nH]c(NCCC2=CCCCC2)nnc1Cc1ccccc1. The molecule has 0 aliphatic heterocycles. The maximum absolute atomic E-state index is 12.1. The summed E-state index contributed by atoms with van der Waals surface area (Å²) < 4.78 is 0. The summed E-state index contributed by atoms with van der Waals surface area (Å²) in [6.45, 7) is 0.772. The Balaban J connectivity index is 1.56. The summed E-state index contributed by atoms with van der Waals surface area (Å²) in [5, 5.41) is 11.3. The summed E-state index contributed by atoms with van der Waals surface area (Å²) in [6.07, 6.45) is 8.81. The Morgan fingerprint density at radius 1 is 1.13 bits per heavy atom. The first-order chi connectivity index (χ1) is 11.3. The monoisotopic (exact) mass is 310 g/mol. The average molecular weight is 310 g/mol. The van der Waals surface area contributed by atoms with Gasteiger partial charge in [-0.3, -0.25) is 9.78 Å². The molecule has 2 aromatic rings. The van der Waals surface area contributed by atoms with Crippen LogP contribution in [-0.4, -0.2) is 21.7 Å². The van der Waals surface area contributed by atoms with Crippen LogP contribution in [0.1, 0.15) is 43.4 Å². The van der Waals surface area contributed by atoms with Gasteiger partial charge in [-0.1, -0.05) is 42.0 Å². The van der Waals surface area contributed by atoms with Crippen molar-refractivity contribution in [1.82, 2.24) is 15.2 Å². The van der Waals surface area contributed by atoms with Crippen LogP contribution in [0, 0.1) is 0 Å². The number of aromatic amines is 1. The van der Waals surface area contributed by atoms with E-state index < -0.39 is 0 Å². The van der Waals surface area contributed by atoms with Crippen LogP contribution in [0.4, 0.5) is 5.95 Å². The molecule has 0 fully saturated rings. The number of anilines is 1. The molecule has 0 amide bonds. The first-order valence-corrected chi connectivity index (χ1v) is 8.23. The molecule has 2 N–H and O–H groups in total. The minimum absolute atomic E-state index is 0.178. The second-order valence-corrected chi connectivity index (χ2v) is 5.90. The van der Waals surface area contributed by atoms with E-state index in [4.69, 9.17) is 0 Å². The maximum atomic E-state index is 12.1. The number of benzene rings is 1. The summed E-state index contributed by atoms with van der Waals surface area (Å²) in [5.74, 6) is 0.447. The van der Waals surface area contributed by atoms with E-state index >= 15 is 0 Å². The van der Waals surface area contributed by atoms with Crippen molar-refractivity contribution in [2.75, 3.05) is 11.9 Å². The number of allylic oxidation sites excluding steroid dienone is 1. The second-order valence-electron chi connectivity index (χ2n) is 5.90. The molecule has 0 radical (unpaired) electrons. The molecule has 0 saturated heterocycles. The third-order valence-electron chi connectivity index (χ3n) is 4.10. The molecule has 0 atom stereocenters. The number of hydrogen-bond acceptors (Lipinski definition) is 4. The summed E-state index contributed by atoms with van der Waals surface area (Å²) in [7, 11) is 0. The Kier molecular flexibility index (Phi) is 5.19. The van der Waals surface area contributed by atoms with E-state index in [9.17, 15) is 4.79 Å². The van der Waals surface area contributed by atoms with Crippen LogP contribution >= 0.6 is 0 Å². The van der Waals surface area contributed by atoms with E-state index in [-0.39, 0.29) is 5.56 Å². The van der Waals surface area contributed by atoms with Gasteiger partial charge in [0.05, 0.1) is 0 Å². The van der Waals surface area contributed by atoms with Crippen molar-refractivity contribution in [3.05, 3.63) is 63.6 Å². The number of rotatable bonds is 6. The zero-order valence-electron chi connectivity index (χ0n) is 13.2. The van der Waals surface area contributed by atoms with Crippen molar-refractivity contribution in [2.45, 2.75) is 38.5 Å². The maximum Gasteiger partial charge on any atom is 0.274 e. The van der Waals surface area contributed by atoms with E-state index in [0.29, 0.717) is 18.1 Å². The van der Waals surface area contributed by atoms with Crippen LogP contribution in [0.3, 0.4) is 0 Å². The van der Waals surface area contributed by atoms with E-state index in [1.807, 2.05) is 30.3 Å². The van der Waals surface area contributed by atoms with Crippen LogP contribution in [0.5, 0.6) is 0 Å². The molecular weight excluding hydrogens is 288 g/mol. The zero-order valence-corrected chi connectivity index (χ0v) is 13.2. The van der Waals surface area contributed by atoms with Crippen molar-refractivity contribution < 1.29 is 0 Å². The quantitative estimate of drug-likeness (QED) is 0.805. The van der Waals surface area contributed by atoms with E-state index in [1.54, 1.807) is 0 Å². The Hall–Kier alpha value is -2.43. The van der Waals surface area contributed by atoms with Gasteiger partial charge in [-0.05, 0) is 37.7 Å². The smallest absolute Gasteiger partial charge is 0.274 e. The molecule has 0 spiro atoms. The van der Waals surface area contributed by atoms with Crippen molar-refractivity contribution in [3.63, 3.8) is 0 Å². The van der Waals surface area contributed by atoms with Crippen LogP contribution in [0.15, 0.2) is 46.8 Å². The molecule has 5 nitrogen and oxygen atoms in total. The van der Waals surface area contributed by atoms with Crippen LogP contribution < -0.4 is 10.9 Å². The molecule has 0 bridgehead atoms. The molecule has 5 heteroatoms. The van der Waals surface area contributed by atoms with Crippen molar-refractivity contribution in [3.8, 4) is 0 Å². The molecule has 120 valence electrons. The predicted octanol–water partition coefficient (Wildman–Crippen LogP) is 3.06. The molecule has 1 aromatic carbocycles. The largest absolute Gasteiger partial charge is 0.354 e. The summed E-state index contributed by atoms with van der Waals surface area (Å²) in [6, 6.07) is 9.81. The highest BCUT2D eigenvalue weighted by atomic mass is 16.1. The normalized spacial score (nSPS) is 14.3.